The van der Waals surface area contributed by atoms with Gasteiger partial charge in [0.15, 0.2) is 11.6 Å². The molecule has 0 bridgehead atoms. The summed E-state index contributed by atoms with van der Waals surface area (Å²) in [7, 11) is 0. The molecule has 0 aromatic heterocycles. The van der Waals surface area contributed by atoms with Crippen molar-refractivity contribution in [3.8, 4) is 0 Å². The molecular formula is C20H13ClF2N2O2. The SMILES string of the molecule is O=C(Nc1ccccc1NC(=O)c1ccc(F)c(F)c1)c1ccc(Cl)cc1. The minimum atomic E-state index is -1.12. The van der Waals surface area contributed by atoms with E-state index in [-0.39, 0.29) is 11.5 Å². The second-order valence-corrected chi connectivity index (χ2v) is 6.03. The molecule has 2 N–H and O–H groups in total. The van der Waals surface area contributed by atoms with Gasteiger partial charge in [-0.2, -0.15) is 0 Å². The molecule has 7 heteroatoms. The highest BCUT2D eigenvalue weighted by molar-refractivity contribution is 6.30. The summed E-state index contributed by atoms with van der Waals surface area (Å²) in [6, 6.07) is 15.7. The van der Waals surface area contributed by atoms with Crippen LogP contribution in [-0.2, 0) is 0 Å². The van der Waals surface area contributed by atoms with Gasteiger partial charge in [0.2, 0.25) is 0 Å². The molecule has 0 aliphatic rings. The molecule has 0 radical (unpaired) electrons. The lowest BCUT2D eigenvalue weighted by molar-refractivity contribution is 0.101. The fraction of sp³-hybridized carbons (Fsp3) is 0. The van der Waals surface area contributed by atoms with Gasteiger partial charge in [-0.05, 0) is 54.6 Å². The zero-order valence-corrected chi connectivity index (χ0v) is 14.6. The highest BCUT2D eigenvalue weighted by Gasteiger charge is 2.13. The van der Waals surface area contributed by atoms with Crippen molar-refractivity contribution in [2.45, 2.75) is 0 Å². The number of carbonyl (C=O) groups excluding carboxylic acids is 2. The first-order valence-electron chi connectivity index (χ1n) is 7.86. The van der Waals surface area contributed by atoms with Crippen LogP contribution in [0.5, 0.6) is 0 Å². The third-order valence-electron chi connectivity index (χ3n) is 3.71. The number of nitrogens with one attached hydrogen (secondary N) is 2. The first-order chi connectivity index (χ1) is 12.9. The van der Waals surface area contributed by atoms with Gasteiger partial charge in [0, 0.05) is 16.1 Å². The lowest BCUT2D eigenvalue weighted by atomic mass is 10.1. The summed E-state index contributed by atoms with van der Waals surface area (Å²) in [5, 5.41) is 5.77. The molecule has 27 heavy (non-hydrogen) atoms. The fourth-order valence-corrected chi connectivity index (χ4v) is 2.45. The van der Waals surface area contributed by atoms with Crippen LogP contribution >= 0.6 is 11.6 Å². The van der Waals surface area contributed by atoms with E-state index in [1.54, 1.807) is 48.5 Å². The van der Waals surface area contributed by atoms with Gasteiger partial charge in [-0.25, -0.2) is 8.78 Å². The Bertz CT molecular complexity index is 1010. The van der Waals surface area contributed by atoms with E-state index in [1.165, 1.54) is 6.07 Å². The smallest absolute Gasteiger partial charge is 0.255 e. The quantitative estimate of drug-likeness (QED) is 0.653. The van der Waals surface area contributed by atoms with E-state index in [2.05, 4.69) is 10.6 Å². The number of carbonyl (C=O) groups is 2. The van der Waals surface area contributed by atoms with Gasteiger partial charge >= 0.3 is 0 Å². The summed E-state index contributed by atoms with van der Waals surface area (Å²) in [4.78, 5) is 24.7. The number of hydrogen-bond donors (Lipinski definition) is 2. The summed E-state index contributed by atoms with van der Waals surface area (Å²) < 4.78 is 26.3. The normalized spacial score (nSPS) is 10.3. The first kappa shape index (κ1) is 18.5. The van der Waals surface area contributed by atoms with E-state index in [4.69, 9.17) is 11.6 Å². The summed E-state index contributed by atoms with van der Waals surface area (Å²) in [5.41, 5.74) is 1.01. The van der Waals surface area contributed by atoms with Gasteiger partial charge in [-0.15, -0.1) is 0 Å². The molecule has 3 aromatic rings. The molecule has 0 aliphatic heterocycles. The van der Waals surface area contributed by atoms with Crippen LogP contribution in [-0.4, -0.2) is 11.8 Å². The summed E-state index contributed by atoms with van der Waals surface area (Å²) >= 11 is 5.81. The van der Waals surface area contributed by atoms with Crippen molar-refractivity contribution in [2.75, 3.05) is 10.6 Å². The molecule has 3 aromatic carbocycles. The summed E-state index contributed by atoms with van der Waals surface area (Å²) in [6.07, 6.45) is 0. The molecule has 4 nitrogen and oxygen atoms in total. The molecule has 0 atom stereocenters. The molecule has 0 spiro atoms. The first-order valence-corrected chi connectivity index (χ1v) is 8.24. The predicted molar refractivity (Wildman–Crippen MR) is 100 cm³/mol. The Kier molecular flexibility index (Phi) is 5.47. The van der Waals surface area contributed by atoms with Gasteiger partial charge < -0.3 is 10.6 Å². The highest BCUT2D eigenvalue weighted by atomic mass is 35.5. The molecule has 0 saturated heterocycles. The van der Waals surface area contributed by atoms with Crippen molar-refractivity contribution in [3.63, 3.8) is 0 Å². The zero-order valence-electron chi connectivity index (χ0n) is 13.8. The largest absolute Gasteiger partial charge is 0.320 e. The lowest BCUT2D eigenvalue weighted by Crippen LogP contribution is -2.17. The van der Waals surface area contributed by atoms with Gasteiger partial charge in [0.1, 0.15) is 0 Å². The van der Waals surface area contributed by atoms with Crippen LogP contribution in [0.4, 0.5) is 20.2 Å². The third-order valence-corrected chi connectivity index (χ3v) is 3.96. The van der Waals surface area contributed by atoms with Crippen molar-refractivity contribution in [1.82, 2.24) is 0 Å². The zero-order chi connectivity index (χ0) is 19.4. The number of para-hydroxylation sites is 2. The minimum Gasteiger partial charge on any atom is -0.320 e. The molecule has 0 unspecified atom stereocenters. The summed E-state index contributed by atoms with van der Waals surface area (Å²) in [5.74, 6) is -3.18. The van der Waals surface area contributed by atoms with E-state index < -0.39 is 17.5 Å². The third kappa shape index (κ3) is 4.48. The molecule has 136 valence electrons. The molecule has 3 rings (SSSR count). The Labute approximate surface area is 158 Å². The number of benzene rings is 3. The molecule has 0 saturated carbocycles. The van der Waals surface area contributed by atoms with Crippen LogP contribution in [0.3, 0.4) is 0 Å². The minimum absolute atomic E-state index is 0.0484. The Morgan fingerprint density at radius 2 is 1.22 bits per heavy atom. The van der Waals surface area contributed by atoms with E-state index in [9.17, 15) is 18.4 Å². The van der Waals surface area contributed by atoms with Crippen LogP contribution in [0.15, 0.2) is 66.7 Å². The monoisotopic (exact) mass is 386 g/mol. The van der Waals surface area contributed by atoms with Crippen LogP contribution in [0.1, 0.15) is 20.7 Å². The number of hydrogen-bond acceptors (Lipinski definition) is 2. The molecule has 2 amide bonds. The molecular weight excluding hydrogens is 374 g/mol. The standard InChI is InChI=1S/C20H13ClF2N2O2/c21-14-8-5-12(6-9-14)19(26)24-17-3-1-2-4-18(17)25-20(27)13-7-10-15(22)16(23)11-13/h1-11H,(H,24,26)(H,25,27). The number of anilines is 2. The van der Waals surface area contributed by atoms with Crippen molar-refractivity contribution in [2.24, 2.45) is 0 Å². The van der Waals surface area contributed by atoms with Gasteiger partial charge in [0.25, 0.3) is 11.8 Å². The Morgan fingerprint density at radius 3 is 1.78 bits per heavy atom. The van der Waals surface area contributed by atoms with Crippen LogP contribution < -0.4 is 10.6 Å². The average molecular weight is 387 g/mol. The molecule has 0 heterocycles. The highest BCUT2D eigenvalue weighted by Crippen LogP contribution is 2.23. The average Bonchev–Trinajstić information content (AvgIpc) is 2.66. The maximum atomic E-state index is 13.3. The van der Waals surface area contributed by atoms with Crippen molar-refractivity contribution >= 4 is 34.8 Å². The number of amides is 2. The predicted octanol–water partition coefficient (Wildman–Crippen LogP) is 5.12. The Morgan fingerprint density at radius 1 is 0.704 bits per heavy atom. The van der Waals surface area contributed by atoms with E-state index in [0.717, 1.165) is 12.1 Å². The van der Waals surface area contributed by atoms with E-state index in [1.807, 2.05) is 0 Å². The van der Waals surface area contributed by atoms with E-state index in [0.29, 0.717) is 22.0 Å². The van der Waals surface area contributed by atoms with Crippen LogP contribution in [0, 0.1) is 11.6 Å². The van der Waals surface area contributed by atoms with Crippen LogP contribution in [0.25, 0.3) is 0 Å². The summed E-state index contributed by atoms with van der Waals surface area (Å²) in [6.45, 7) is 0. The Hall–Kier alpha value is -3.25. The van der Waals surface area contributed by atoms with Crippen molar-refractivity contribution < 1.29 is 18.4 Å². The van der Waals surface area contributed by atoms with Crippen molar-refractivity contribution in [3.05, 3.63) is 94.5 Å². The second kappa shape index (κ2) is 7.97. The van der Waals surface area contributed by atoms with Crippen molar-refractivity contribution in [1.29, 1.82) is 0 Å². The maximum absolute atomic E-state index is 13.3. The fourth-order valence-electron chi connectivity index (χ4n) is 2.33. The lowest BCUT2D eigenvalue weighted by Gasteiger charge is -2.12. The molecule has 0 aliphatic carbocycles. The van der Waals surface area contributed by atoms with Gasteiger partial charge in [0.05, 0.1) is 11.4 Å². The Balaban J connectivity index is 1.79. The topological polar surface area (TPSA) is 58.2 Å². The second-order valence-electron chi connectivity index (χ2n) is 5.59. The van der Waals surface area contributed by atoms with Gasteiger partial charge in [-0.3, -0.25) is 9.59 Å². The molecule has 0 fully saturated rings. The van der Waals surface area contributed by atoms with Crippen LogP contribution in [0.2, 0.25) is 5.02 Å². The number of rotatable bonds is 4. The van der Waals surface area contributed by atoms with E-state index >= 15 is 0 Å². The van der Waals surface area contributed by atoms with Gasteiger partial charge in [-0.1, -0.05) is 23.7 Å². The maximum Gasteiger partial charge on any atom is 0.255 e. The number of halogens is 3.